The molecule has 0 amide bonds. The normalized spacial score (nSPS) is 18.8. The van der Waals surface area contributed by atoms with E-state index in [9.17, 15) is 28.0 Å². The van der Waals surface area contributed by atoms with E-state index in [1.165, 1.54) is 0 Å². The van der Waals surface area contributed by atoms with E-state index in [-0.39, 0.29) is 11.1 Å². The predicted molar refractivity (Wildman–Crippen MR) is 145 cm³/mol. The molecule has 0 radical (unpaired) electrons. The molecule has 224 valence electrons. The molecular weight excluding hydrogens is 560 g/mol. The number of nitrogens with two attached hydrogens (primary N) is 1. The lowest BCUT2D eigenvalue weighted by Gasteiger charge is -2.37. The van der Waals surface area contributed by atoms with Crippen molar-refractivity contribution in [3.63, 3.8) is 0 Å². The van der Waals surface area contributed by atoms with Crippen molar-refractivity contribution in [1.29, 1.82) is 5.26 Å². The van der Waals surface area contributed by atoms with E-state index < -0.39 is 81.4 Å². The zero-order valence-corrected chi connectivity index (χ0v) is 24.1. The van der Waals surface area contributed by atoms with Gasteiger partial charge in [0.05, 0.1) is 11.1 Å². The number of rotatable bonds is 5. The molecule has 9 nitrogen and oxygen atoms in total. The number of nitrogens with zero attached hydrogens (tertiary/aromatic N) is 3. The summed E-state index contributed by atoms with van der Waals surface area (Å²) in [5, 5.41) is 9.65. The number of benzene rings is 1. The van der Waals surface area contributed by atoms with Crippen molar-refractivity contribution in [2.45, 2.75) is 71.1 Å². The van der Waals surface area contributed by atoms with Gasteiger partial charge in [0.1, 0.15) is 34.6 Å². The minimum absolute atomic E-state index is 0.124. The number of hydrogen-bond acceptors (Lipinski definition) is 9. The zero-order chi connectivity index (χ0) is 31.8. The molecule has 3 rings (SSSR count). The van der Waals surface area contributed by atoms with Gasteiger partial charge in [0.15, 0.2) is 17.8 Å². The monoisotopic (exact) mass is 590 g/mol. The highest BCUT2D eigenvalue weighted by Crippen LogP contribution is 2.44. The van der Waals surface area contributed by atoms with Gasteiger partial charge in [0.2, 0.25) is 0 Å². The Bertz CT molecular complexity index is 1530. The standard InChI is InChI=1S/C29H30F4N4O5/c1-26(2,3)41-23(38)17-12-16(13-34)21(24(39)42-27(4,5)6)36-22(17)20(31)11-15-8-9-19(30)18(10-15)28(7)29(32,33)14-40-25(35)37-28/h8-12H,14H2,1-7H3,(H2,35,37)/b20-11-/t28-/m1/s1. The van der Waals surface area contributed by atoms with Crippen molar-refractivity contribution < 1.29 is 41.4 Å². The summed E-state index contributed by atoms with van der Waals surface area (Å²) in [6, 6.07) is 4.99. The number of carbonyl (C=O) groups excluding carboxylic acids is 2. The lowest BCUT2D eigenvalue weighted by atomic mass is 9.84. The van der Waals surface area contributed by atoms with E-state index in [2.05, 4.69) is 14.7 Å². The Morgan fingerprint density at radius 2 is 1.67 bits per heavy atom. The highest BCUT2D eigenvalue weighted by atomic mass is 19.3. The molecule has 1 aliphatic heterocycles. The number of alkyl halides is 2. The van der Waals surface area contributed by atoms with Gasteiger partial charge in [-0.3, -0.25) is 0 Å². The highest BCUT2D eigenvalue weighted by molar-refractivity contribution is 5.99. The number of carbonyl (C=O) groups is 2. The van der Waals surface area contributed by atoms with Crippen LogP contribution in [0.15, 0.2) is 29.3 Å². The average molecular weight is 591 g/mol. The van der Waals surface area contributed by atoms with Crippen molar-refractivity contribution >= 4 is 29.9 Å². The second-order valence-corrected chi connectivity index (χ2v) is 11.6. The summed E-state index contributed by atoms with van der Waals surface area (Å²) in [4.78, 5) is 33.4. The van der Waals surface area contributed by atoms with E-state index in [1.54, 1.807) is 47.6 Å². The van der Waals surface area contributed by atoms with Crippen LogP contribution in [-0.2, 0) is 19.7 Å². The molecule has 0 spiro atoms. The molecule has 1 aromatic heterocycles. The Kier molecular flexibility index (Phi) is 8.45. The smallest absolute Gasteiger partial charge is 0.358 e. The maximum Gasteiger partial charge on any atom is 0.358 e. The number of aromatic nitrogens is 1. The van der Waals surface area contributed by atoms with Gasteiger partial charge in [-0.1, -0.05) is 6.07 Å². The Morgan fingerprint density at radius 1 is 1.07 bits per heavy atom. The zero-order valence-electron chi connectivity index (χ0n) is 24.1. The number of pyridine rings is 1. The minimum Gasteiger partial charge on any atom is -0.459 e. The first-order valence-corrected chi connectivity index (χ1v) is 12.6. The van der Waals surface area contributed by atoms with Crippen LogP contribution in [0.2, 0.25) is 0 Å². The molecule has 42 heavy (non-hydrogen) atoms. The van der Waals surface area contributed by atoms with Crippen LogP contribution in [0.1, 0.15) is 91.7 Å². The van der Waals surface area contributed by atoms with Gasteiger partial charge < -0.3 is 19.9 Å². The minimum atomic E-state index is -3.68. The number of nitriles is 1. The first kappa shape index (κ1) is 32.0. The van der Waals surface area contributed by atoms with E-state index in [0.29, 0.717) is 0 Å². The molecule has 2 heterocycles. The second-order valence-electron chi connectivity index (χ2n) is 11.6. The van der Waals surface area contributed by atoms with Crippen LogP contribution >= 0.6 is 0 Å². The third-order valence-corrected chi connectivity index (χ3v) is 5.84. The number of amidine groups is 1. The van der Waals surface area contributed by atoms with E-state index >= 15 is 4.39 Å². The largest absolute Gasteiger partial charge is 0.459 e. The molecule has 0 aliphatic carbocycles. The number of esters is 2. The Labute approximate surface area is 240 Å². The van der Waals surface area contributed by atoms with Gasteiger partial charge >= 0.3 is 17.9 Å². The summed E-state index contributed by atoms with van der Waals surface area (Å²) in [7, 11) is 0. The van der Waals surface area contributed by atoms with Crippen LogP contribution in [0, 0.1) is 17.1 Å². The maximum atomic E-state index is 15.9. The molecule has 13 heteroatoms. The molecule has 2 N–H and O–H groups in total. The number of ether oxygens (including phenoxy) is 3. The fourth-order valence-electron chi connectivity index (χ4n) is 3.87. The van der Waals surface area contributed by atoms with Crippen molar-refractivity contribution in [3.05, 3.63) is 63.7 Å². The van der Waals surface area contributed by atoms with Crippen LogP contribution in [-0.4, -0.2) is 46.7 Å². The lowest BCUT2D eigenvalue weighted by molar-refractivity contribution is -0.117. The molecule has 0 saturated heterocycles. The van der Waals surface area contributed by atoms with Gasteiger partial charge in [-0.15, -0.1) is 0 Å². The summed E-state index contributed by atoms with van der Waals surface area (Å²) in [6.07, 6.45) is 0.790. The quantitative estimate of drug-likeness (QED) is 0.348. The van der Waals surface area contributed by atoms with Crippen molar-refractivity contribution in [2.75, 3.05) is 6.61 Å². The van der Waals surface area contributed by atoms with E-state index in [4.69, 9.17) is 15.2 Å². The first-order valence-electron chi connectivity index (χ1n) is 12.6. The van der Waals surface area contributed by atoms with E-state index in [0.717, 1.165) is 37.3 Å². The number of hydrogen-bond donors (Lipinski definition) is 1. The Balaban J connectivity index is 2.23. The SMILES string of the molecule is CC(C)(C)OC(=O)c1cc(C#N)c(C(=O)OC(C)(C)C)nc1/C(F)=C/c1ccc(F)c([C@@]2(C)N=C(N)OCC2(F)F)c1. The van der Waals surface area contributed by atoms with Gasteiger partial charge in [-0.2, -0.15) is 14.0 Å². The Hall–Kier alpha value is -4.47. The molecule has 1 atom stereocenters. The third kappa shape index (κ3) is 6.87. The van der Waals surface area contributed by atoms with Gasteiger partial charge in [-0.05, 0) is 78.3 Å². The van der Waals surface area contributed by atoms with E-state index in [1.807, 2.05) is 0 Å². The summed E-state index contributed by atoms with van der Waals surface area (Å²) in [5.41, 5.74) is -1.89. The molecule has 0 bridgehead atoms. The van der Waals surface area contributed by atoms with Crippen molar-refractivity contribution in [3.8, 4) is 6.07 Å². The number of aliphatic imine (C=N–C) groups is 1. The first-order chi connectivity index (χ1) is 19.2. The fourth-order valence-corrected chi connectivity index (χ4v) is 3.87. The molecule has 1 aromatic carbocycles. The summed E-state index contributed by atoms with van der Waals surface area (Å²) in [5.74, 6) is -8.09. The second kappa shape index (κ2) is 11.1. The van der Waals surface area contributed by atoms with Gasteiger partial charge in [0.25, 0.3) is 6.02 Å². The van der Waals surface area contributed by atoms with Crippen molar-refractivity contribution in [1.82, 2.24) is 4.98 Å². The van der Waals surface area contributed by atoms with Gasteiger partial charge in [-0.25, -0.2) is 28.3 Å². The van der Waals surface area contributed by atoms with Crippen LogP contribution in [0.3, 0.4) is 0 Å². The molecular formula is C29H30F4N4O5. The molecule has 0 fully saturated rings. The lowest BCUT2D eigenvalue weighted by Crippen LogP contribution is -2.51. The summed E-state index contributed by atoms with van der Waals surface area (Å²) in [6.45, 7) is 9.19. The highest BCUT2D eigenvalue weighted by Gasteiger charge is 2.56. The summed E-state index contributed by atoms with van der Waals surface area (Å²) >= 11 is 0. The molecule has 1 aliphatic rings. The third-order valence-electron chi connectivity index (χ3n) is 5.84. The summed E-state index contributed by atoms with van der Waals surface area (Å²) < 4.78 is 75.7. The van der Waals surface area contributed by atoms with Crippen molar-refractivity contribution in [2.24, 2.45) is 10.7 Å². The van der Waals surface area contributed by atoms with Crippen LogP contribution in [0.25, 0.3) is 11.9 Å². The molecule has 2 aromatic rings. The number of halogens is 4. The Morgan fingerprint density at radius 3 is 2.24 bits per heavy atom. The predicted octanol–water partition coefficient (Wildman–Crippen LogP) is 5.67. The van der Waals surface area contributed by atoms with Gasteiger partial charge in [0, 0.05) is 5.56 Å². The maximum absolute atomic E-state index is 15.9. The van der Waals surface area contributed by atoms with Crippen LogP contribution < -0.4 is 5.73 Å². The van der Waals surface area contributed by atoms with Crippen LogP contribution in [0.5, 0.6) is 0 Å². The average Bonchev–Trinajstić information content (AvgIpc) is 2.84. The fraction of sp³-hybridized carbons (Fsp3) is 0.414. The molecule has 0 unspecified atom stereocenters. The molecule has 0 saturated carbocycles. The van der Waals surface area contributed by atoms with Crippen LogP contribution in [0.4, 0.5) is 17.6 Å². The topological polar surface area (TPSA) is 137 Å².